The van der Waals surface area contributed by atoms with E-state index in [2.05, 4.69) is 93.6 Å². The van der Waals surface area contributed by atoms with E-state index in [0.29, 0.717) is 12.0 Å². The minimum Gasteiger partial charge on any atom is -0.369 e. The lowest BCUT2D eigenvalue weighted by molar-refractivity contribution is 0.0727. The lowest BCUT2D eigenvalue weighted by atomic mass is 9.88. The minimum atomic E-state index is 0.252. The van der Waals surface area contributed by atoms with Crippen molar-refractivity contribution in [3.8, 4) is 0 Å². The summed E-state index contributed by atoms with van der Waals surface area (Å²) in [5.41, 5.74) is 6.17. The molecule has 0 aromatic heterocycles. The first-order valence-corrected chi connectivity index (χ1v) is 13.3. The van der Waals surface area contributed by atoms with E-state index < -0.39 is 0 Å². The molecule has 4 nitrogen and oxygen atoms in total. The minimum absolute atomic E-state index is 0.252. The Kier molecular flexibility index (Phi) is 6.30. The van der Waals surface area contributed by atoms with Crippen molar-refractivity contribution in [2.45, 2.75) is 37.6 Å². The highest BCUT2D eigenvalue weighted by Crippen LogP contribution is 2.33. The van der Waals surface area contributed by atoms with Crippen molar-refractivity contribution >= 4 is 11.6 Å². The van der Waals surface area contributed by atoms with Crippen LogP contribution >= 0.6 is 0 Å². The summed E-state index contributed by atoms with van der Waals surface area (Å²) in [5.74, 6) is 0.679. The number of hydrogen-bond donors (Lipinski definition) is 0. The standard InChI is InChI=1S/C31H35N3O/c35-31-30-23-28(12-11-26(30)15-18-34(31)27-13-14-27)33-21-19-32(20-22-33)17-16-29(24-7-3-1-4-8-24)25-9-5-2-6-10-25/h1-12,23,27,29H,13-22H2. The van der Waals surface area contributed by atoms with Crippen LogP contribution in [0.1, 0.15) is 52.2 Å². The highest BCUT2D eigenvalue weighted by molar-refractivity contribution is 5.98. The zero-order valence-electron chi connectivity index (χ0n) is 20.5. The molecule has 180 valence electrons. The van der Waals surface area contributed by atoms with Crippen molar-refractivity contribution < 1.29 is 4.79 Å². The van der Waals surface area contributed by atoms with Crippen molar-refractivity contribution in [3.63, 3.8) is 0 Å². The number of carbonyl (C=O) groups excluding carboxylic acids is 1. The van der Waals surface area contributed by atoms with Gasteiger partial charge in [-0.25, -0.2) is 0 Å². The largest absolute Gasteiger partial charge is 0.369 e. The fourth-order valence-electron chi connectivity index (χ4n) is 5.85. The van der Waals surface area contributed by atoms with Crippen molar-refractivity contribution in [1.29, 1.82) is 0 Å². The van der Waals surface area contributed by atoms with Gasteiger partial charge < -0.3 is 9.80 Å². The maximum Gasteiger partial charge on any atom is 0.254 e. The zero-order chi connectivity index (χ0) is 23.6. The van der Waals surface area contributed by atoms with E-state index in [4.69, 9.17) is 0 Å². The second-order valence-electron chi connectivity index (χ2n) is 10.3. The number of amides is 1. The molecular weight excluding hydrogens is 430 g/mol. The van der Waals surface area contributed by atoms with Gasteiger partial charge in [-0.3, -0.25) is 9.69 Å². The van der Waals surface area contributed by atoms with Gasteiger partial charge in [0.1, 0.15) is 0 Å². The molecule has 0 N–H and O–H groups in total. The highest BCUT2D eigenvalue weighted by atomic mass is 16.2. The summed E-state index contributed by atoms with van der Waals surface area (Å²) in [7, 11) is 0. The molecular formula is C31H35N3O. The van der Waals surface area contributed by atoms with Gasteiger partial charge in [-0.15, -0.1) is 0 Å². The lowest BCUT2D eigenvalue weighted by Crippen LogP contribution is -2.47. The topological polar surface area (TPSA) is 26.8 Å². The van der Waals surface area contributed by atoms with Crippen LogP contribution in [0.2, 0.25) is 0 Å². The Morgan fingerprint density at radius 3 is 2.06 bits per heavy atom. The predicted molar refractivity (Wildman–Crippen MR) is 142 cm³/mol. The summed E-state index contributed by atoms with van der Waals surface area (Å²) in [6.45, 7) is 6.15. The number of anilines is 1. The van der Waals surface area contributed by atoms with Crippen molar-refractivity contribution in [2.24, 2.45) is 0 Å². The third-order valence-electron chi connectivity index (χ3n) is 8.07. The fraction of sp³-hybridized carbons (Fsp3) is 0.387. The highest BCUT2D eigenvalue weighted by Gasteiger charge is 2.36. The molecule has 1 saturated heterocycles. The molecule has 1 amide bonds. The molecule has 2 heterocycles. The van der Waals surface area contributed by atoms with Gasteiger partial charge in [0.05, 0.1) is 0 Å². The summed E-state index contributed by atoms with van der Waals surface area (Å²) in [4.78, 5) is 20.2. The molecule has 4 heteroatoms. The Hall–Kier alpha value is -3.11. The first-order valence-electron chi connectivity index (χ1n) is 13.3. The quantitative estimate of drug-likeness (QED) is 0.480. The molecule has 0 atom stereocenters. The van der Waals surface area contributed by atoms with Gasteiger partial charge in [0.25, 0.3) is 5.91 Å². The van der Waals surface area contributed by atoms with E-state index >= 15 is 0 Å². The number of piperazine rings is 1. The maximum atomic E-state index is 13.1. The number of hydrogen-bond acceptors (Lipinski definition) is 3. The van der Waals surface area contributed by atoms with E-state index in [0.717, 1.165) is 57.7 Å². The molecule has 3 aromatic rings. The maximum absolute atomic E-state index is 13.1. The van der Waals surface area contributed by atoms with Gasteiger partial charge in [0.15, 0.2) is 0 Å². The van der Waals surface area contributed by atoms with Gasteiger partial charge in [0.2, 0.25) is 0 Å². The summed E-state index contributed by atoms with van der Waals surface area (Å²) in [5, 5.41) is 0. The molecule has 0 unspecified atom stereocenters. The fourth-order valence-corrected chi connectivity index (χ4v) is 5.85. The molecule has 35 heavy (non-hydrogen) atoms. The molecule has 0 spiro atoms. The third-order valence-corrected chi connectivity index (χ3v) is 8.07. The summed E-state index contributed by atoms with van der Waals surface area (Å²) < 4.78 is 0. The third kappa shape index (κ3) is 4.85. The number of carbonyl (C=O) groups is 1. The molecule has 3 aliphatic rings. The van der Waals surface area contributed by atoms with Crippen molar-refractivity contribution in [2.75, 3.05) is 44.2 Å². The van der Waals surface area contributed by atoms with Gasteiger partial charge in [-0.2, -0.15) is 0 Å². The first-order chi connectivity index (χ1) is 17.3. The Morgan fingerprint density at radius 1 is 0.771 bits per heavy atom. The first kappa shape index (κ1) is 22.4. The van der Waals surface area contributed by atoms with Crippen LogP contribution < -0.4 is 4.90 Å². The van der Waals surface area contributed by atoms with Crippen LogP contribution in [0.4, 0.5) is 5.69 Å². The summed E-state index contributed by atoms with van der Waals surface area (Å²) in [6, 6.07) is 28.9. The van der Waals surface area contributed by atoms with E-state index in [-0.39, 0.29) is 5.91 Å². The summed E-state index contributed by atoms with van der Waals surface area (Å²) >= 11 is 0. The van der Waals surface area contributed by atoms with E-state index in [1.807, 2.05) is 0 Å². The molecule has 2 aliphatic heterocycles. The smallest absolute Gasteiger partial charge is 0.254 e. The summed E-state index contributed by atoms with van der Waals surface area (Å²) in [6.07, 6.45) is 4.48. The van der Waals surface area contributed by atoms with Crippen molar-refractivity contribution in [1.82, 2.24) is 9.80 Å². The van der Waals surface area contributed by atoms with Gasteiger partial charge in [-0.1, -0.05) is 66.7 Å². The normalized spacial score (nSPS) is 18.7. The molecule has 0 radical (unpaired) electrons. The molecule has 0 bridgehead atoms. The molecule has 1 aliphatic carbocycles. The van der Waals surface area contributed by atoms with Gasteiger partial charge >= 0.3 is 0 Å². The van der Waals surface area contributed by atoms with E-state index in [1.165, 1.54) is 35.2 Å². The Labute approximate surface area is 209 Å². The van der Waals surface area contributed by atoms with E-state index in [9.17, 15) is 4.79 Å². The van der Waals surface area contributed by atoms with Crippen LogP contribution in [0, 0.1) is 0 Å². The Morgan fingerprint density at radius 2 is 1.43 bits per heavy atom. The zero-order valence-corrected chi connectivity index (χ0v) is 20.5. The Balaban J connectivity index is 1.09. The molecule has 1 saturated carbocycles. The van der Waals surface area contributed by atoms with Crippen LogP contribution in [0.5, 0.6) is 0 Å². The van der Waals surface area contributed by atoms with Crippen LogP contribution in [0.3, 0.4) is 0 Å². The Bertz CT molecular complexity index is 1110. The van der Waals surface area contributed by atoms with Crippen molar-refractivity contribution in [3.05, 3.63) is 101 Å². The monoisotopic (exact) mass is 465 g/mol. The number of benzene rings is 3. The van der Waals surface area contributed by atoms with Crippen LogP contribution in [0.15, 0.2) is 78.9 Å². The molecule has 3 aromatic carbocycles. The number of rotatable bonds is 7. The lowest BCUT2D eigenvalue weighted by Gasteiger charge is -2.37. The van der Waals surface area contributed by atoms with Gasteiger partial charge in [0, 0.05) is 55.9 Å². The van der Waals surface area contributed by atoms with Crippen LogP contribution in [0.25, 0.3) is 0 Å². The van der Waals surface area contributed by atoms with E-state index in [1.54, 1.807) is 0 Å². The number of nitrogens with zero attached hydrogens (tertiary/aromatic N) is 3. The molecule has 6 rings (SSSR count). The van der Waals surface area contributed by atoms with Gasteiger partial charge in [-0.05, 0) is 61.1 Å². The van der Waals surface area contributed by atoms with Crippen LogP contribution in [-0.2, 0) is 6.42 Å². The average molecular weight is 466 g/mol. The number of fused-ring (bicyclic) bond motifs is 1. The average Bonchev–Trinajstić information content (AvgIpc) is 3.76. The molecule has 2 fully saturated rings. The predicted octanol–water partition coefficient (Wildman–Crippen LogP) is 5.19. The second kappa shape index (κ2) is 9.87. The second-order valence-corrected chi connectivity index (χ2v) is 10.3. The van der Waals surface area contributed by atoms with Crippen LogP contribution in [-0.4, -0.2) is 61.0 Å². The SMILES string of the molecule is O=C1c2cc(N3CCN(CCC(c4ccccc4)c4ccccc4)CC3)ccc2CCN1C1CC1.